The minimum atomic E-state index is -0.0376. The second-order valence-electron chi connectivity index (χ2n) is 6.62. The van der Waals surface area contributed by atoms with E-state index in [2.05, 4.69) is 48.3 Å². The fourth-order valence-corrected chi connectivity index (χ4v) is 3.80. The molecule has 1 amide bonds. The Kier molecular flexibility index (Phi) is 5.51. The van der Waals surface area contributed by atoms with Crippen molar-refractivity contribution in [2.24, 2.45) is 5.41 Å². The molecule has 1 N–H and O–H groups in total. The molecule has 0 aromatic heterocycles. The Morgan fingerprint density at radius 2 is 1.95 bits per heavy atom. The van der Waals surface area contributed by atoms with Gasteiger partial charge in [-0.3, -0.25) is 4.79 Å². The van der Waals surface area contributed by atoms with Crippen molar-refractivity contribution in [2.45, 2.75) is 52.1 Å². The Balaban J connectivity index is 0.00000176. The number of benzene rings is 1. The highest BCUT2D eigenvalue weighted by Gasteiger charge is 2.39. The molecular formula is C18H27ClN2O. The van der Waals surface area contributed by atoms with Crippen LogP contribution >= 0.6 is 12.4 Å². The lowest BCUT2D eigenvalue weighted by Gasteiger charge is -2.31. The van der Waals surface area contributed by atoms with Crippen molar-refractivity contribution in [3.8, 4) is 0 Å². The molecule has 0 radical (unpaired) electrons. The van der Waals surface area contributed by atoms with Crippen LogP contribution in [0.4, 0.5) is 0 Å². The Hall–Kier alpha value is -1.06. The Bertz CT molecular complexity index is 528. The molecule has 2 aliphatic heterocycles. The molecule has 0 saturated carbocycles. The van der Waals surface area contributed by atoms with E-state index in [1.165, 1.54) is 24.0 Å². The minimum Gasteiger partial charge on any atom is -0.341 e. The summed E-state index contributed by atoms with van der Waals surface area (Å²) in [5, 5.41) is 3.42. The molecule has 1 aromatic rings. The number of hydrogen-bond acceptors (Lipinski definition) is 2. The lowest BCUT2D eigenvalue weighted by Crippen LogP contribution is -2.49. The summed E-state index contributed by atoms with van der Waals surface area (Å²) in [6.45, 7) is 7.20. The molecule has 1 atom stereocenters. The predicted octanol–water partition coefficient (Wildman–Crippen LogP) is 3.16. The Morgan fingerprint density at radius 3 is 2.59 bits per heavy atom. The number of hydrogen-bond donors (Lipinski definition) is 1. The van der Waals surface area contributed by atoms with Gasteiger partial charge in [-0.05, 0) is 42.2 Å². The van der Waals surface area contributed by atoms with E-state index in [4.69, 9.17) is 0 Å². The van der Waals surface area contributed by atoms with Gasteiger partial charge in [0.1, 0.15) is 0 Å². The van der Waals surface area contributed by atoms with Gasteiger partial charge in [0.2, 0.25) is 5.91 Å². The highest BCUT2D eigenvalue weighted by molar-refractivity contribution is 5.85. The molecule has 1 saturated heterocycles. The fraction of sp³-hybridized carbons (Fsp3) is 0.611. The second-order valence-corrected chi connectivity index (χ2v) is 6.62. The number of carbonyl (C=O) groups is 1. The lowest BCUT2D eigenvalue weighted by molar-refractivity contribution is -0.133. The van der Waals surface area contributed by atoms with Gasteiger partial charge in [0.05, 0.1) is 6.04 Å². The van der Waals surface area contributed by atoms with Crippen LogP contribution in [0.2, 0.25) is 0 Å². The molecule has 0 aliphatic carbocycles. The maximum absolute atomic E-state index is 12.8. The van der Waals surface area contributed by atoms with E-state index in [1.807, 2.05) is 0 Å². The summed E-state index contributed by atoms with van der Waals surface area (Å²) in [5.74, 6) is 0.299. The summed E-state index contributed by atoms with van der Waals surface area (Å²) >= 11 is 0. The van der Waals surface area contributed by atoms with Gasteiger partial charge in [-0.2, -0.15) is 0 Å². The van der Waals surface area contributed by atoms with Crippen molar-refractivity contribution in [3.63, 3.8) is 0 Å². The first-order chi connectivity index (χ1) is 10.2. The number of halogens is 1. The molecular weight excluding hydrogens is 296 g/mol. The molecule has 0 bridgehead atoms. The number of rotatable bonds is 3. The molecule has 3 nitrogen and oxygen atoms in total. The molecule has 122 valence electrons. The largest absolute Gasteiger partial charge is 0.341 e. The third kappa shape index (κ3) is 3.16. The van der Waals surface area contributed by atoms with E-state index in [1.54, 1.807) is 0 Å². The highest BCUT2D eigenvalue weighted by atomic mass is 35.5. The average molecular weight is 323 g/mol. The van der Waals surface area contributed by atoms with Crippen LogP contribution < -0.4 is 5.32 Å². The van der Waals surface area contributed by atoms with E-state index < -0.39 is 0 Å². The van der Waals surface area contributed by atoms with Crippen LogP contribution in [0.25, 0.3) is 0 Å². The van der Waals surface area contributed by atoms with Crippen molar-refractivity contribution < 1.29 is 4.79 Å². The Labute approximate surface area is 139 Å². The summed E-state index contributed by atoms with van der Waals surface area (Å²) in [6, 6.07) is 8.41. The molecule has 1 fully saturated rings. The van der Waals surface area contributed by atoms with E-state index in [0.717, 1.165) is 32.5 Å². The molecule has 2 aliphatic rings. The topological polar surface area (TPSA) is 32.3 Å². The molecule has 22 heavy (non-hydrogen) atoms. The molecule has 1 aromatic carbocycles. The lowest BCUT2D eigenvalue weighted by atomic mass is 9.82. The molecule has 1 unspecified atom stereocenters. The minimum absolute atomic E-state index is 0. The van der Waals surface area contributed by atoms with Crippen LogP contribution in [-0.4, -0.2) is 29.9 Å². The monoisotopic (exact) mass is 322 g/mol. The maximum atomic E-state index is 12.8. The summed E-state index contributed by atoms with van der Waals surface area (Å²) in [5.41, 5.74) is 3.02. The number of nitrogens with one attached hydrogen (secondary N) is 1. The van der Waals surface area contributed by atoms with E-state index in [-0.39, 0.29) is 18.4 Å². The van der Waals surface area contributed by atoms with E-state index in [9.17, 15) is 4.79 Å². The molecule has 0 spiro atoms. The second kappa shape index (κ2) is 7.01. The molecule has 2 heterocycles. The van der Waals surface area contributed by atoms with Crippen molar-refractivity contribution in [3.05, 3.63) is 35.4 Å². The third-order valence-electron chi connectivity index (χ3n) is 5.63. The molecule has 4 heteroatoms. The van der Waals surface area contributed by atoms with E-state index >= 15 is 0 Å². The molecule has 3 rings (SSSR count). The quantitative estimate of drug-likeness (QED) is 0.927. The van der Waals surface area contributed by atoms with Crippen LogP contribution in [0.1, 0.15) is 44.2 Å². The summed E-state index contributed by atoms with van der Waals surface area (Å²) in [7, 11) is 0. The SMILES string of the molecule is CCC1(CC)CCN(C(=O)C2Cc3ccccc3CN2)C1.Cl. The van der Waals surface area contributed by atoms with Gasteiger partial charge in [-0.15, -0.1) is 12.4 Å². The van der Waals surface area contributed by atoms with Crippen molar-refractivity contribution in [1.29, 1.82) is 0 Å². The summed E-state index contributed by atoms with van der Waals surface area (Å²) in [4.78, 5) is 14.9. The normalized spacial score (nSPS) is 22.8. The highest BCUT2D eigenvalue weighted by Crippen LogP contribution is 2.37. The number of likely N-dealkylation sites (tertiary alicyclic amines) is 1. The zero-order valence-electron chi connectivity index (χ0n) is 13.6. The number of carbonyl (C=O) groups excluding carboxylic acids is 1. The van der Waals surface area contributed by atoms with Gasteiger partial charge >= 0.3 is 0 Å². The van der Waals surface area contributed by atoms with Gasteiger partial charge in [-0.1, -0.05) is 38.1 Å². The number of amides is 1. The maximum Gasteiger partial charge on any atom is 0.240 e. The van der Waals surface area contributed by atoms with Gasteiger partial charge < -0.3 is 10.2 Å². The van der Waals surface area contributed by atoms with Crippen molar-refractivity contribution in [1.82, 2.24) is 10.2 Å². The van der Waals surface area contributed by atoms with E-state index in [0.29, 0.717) is 11.3 Å². The smallest absolute Gasteiger partial charge is 0.240 e. The van der Waals surface area contributed by atoms with Crippen LogP contribution in [0.5, 0.6) is 0 Å². The zero-order valence-corrected chi connectivity index (χ0v) is 14.4. The van der Waals surface area contributed by atoms with Crippen LogP contribution in [0, 0.1) is 5.41 Å². The average Bonchev–Trinajstić information content (AvgIpc) is 2.99. The third-order valence-corrected chi connectivity index (χ3v) is 5.63. The van der Waals surface area contributed by atoms with Crippen LogP contribution in [-0.2, 0) is 17.8 Å². The van der Waals surface area contributed by atoms with Gasteiger partial charge in [0.15, 0.2) is 0 Å². The van der Waals surface area contributed by atoms with Crippen LogP contribution in [0.15, 0.2) is 24.3 Å². The Morgan fingerprint density at radius 1 is 1.27 bits per heavy atom. The summed E-state index contributed by atoms with van der Waals surface area (Å²) in [6.07, 6.45) is 4.34. The van der Waals surface area contributed by atoms with Crippen molar-refractivity contribution in [2.75, 3.05) is 13.1 Å². The first kappa shape index (κ1) is 17.3. The van der Waals surface area contributed by atoms with Gasteiger partial charge in [-0.25, -0.2) is 0 Å². The fourth-order valence-electron chi connectivity index (χ4n) is 3.80. The van der Waals surface area contributed by atoms with Crippen molar-refractivity contribution >= 4 is 18.3 Å². The first-order valence-corrected chi connectivity index (χ1v) is 8.26. The van der Waals surface area contributed by atoms with Crippen LogP contribution in [0.3, 0.4) is 0 Å². The summed E-state index contributed by atoms with van der Waals surface area (Å²) < 4.78 is 0. The standard InChI is InChI=1S/C18H26N2O.ClH/c1-3-18(4-2)9-10-20(13-18)17(21)16-11-14-7-5-6-8-15(14)12-19-16;/h5-8,16,19H,3-4,9-13H2,1-2H3;1H. The first-order valence-electron chi connectivity index (χ1n) is 8.26. The zero-order chi connectivity index (χ0) is 14.9. The predicted molar refractivity (Wildman–Crippen MR) is 92.2 cm³/mol. The van der Waals surface area contributed by atoms with Gasteiger partial charge in [0, 0.05) is 19.6 Å². The number of fused-ring (bicyclic) bond motifs is 1. The van der Waals surface area contributed by atoms with Gasteiger partial charge in [0.25, 0.3) is 0 Å². The number of nitrogens with zero attached hydrogens (tertiary/aromatic N) is 1.